The summed E-state index contributed by atoms with van der Waals surface area (Å²) < 4.78 is 45.5. The first-order chi connectivity index (χ1) is 15.0. The van der Waals surface area contributed by atoms with Crippen LogP contribution in [0.5, 0.6) is 5.88 Å². The van der Waals surface area contributed by atoms with Crippen molar-refractivity contribution in [3.63, 3.8) is 0 Å². The second kappa shape index (κ2) is 11.6. The molecule has 3 aromatic rings. The molecule has 0 saturated carbocycles. The molecule has 2 N–H and O–H groups in total. The molecule has 1 aliphatic heterocycles. The summed E-state index contributed by atoms with van der Waals surface area (Å²) in [5.41, 5.74) is 1.90. The van der Waals surface area contributed by atoms with Crippen LogP contribution in [0.15, 0.2) is 42.6 Å². The first kappa shape index (κ1) is 26.8. The number of tetrazole rings is 1. The molecule has 13 heteroatoms. The van der Waals surface area contributed by atoms with Crippen LogP contribution in [0.25, 0.3) is 5.69 Å². The van der Waals surface area contributed by atoms with Crippen molar-refractivity contribution in [3.8, 4) is 11.6 Å². The minimum atomic E-state index is -4.68. The minimum Gasteiger partial charge on any atom is -0.481 e. The Kier molecular flexibility index (Phi) is 9.41. The summed E-state index contributed by atoms with van der Waals surface area (Å²) in [6.45, 7) is 1.29. The lowest BCUT2D eigenvalue weighted by Gasteiger charge is -2.34. The van der Waals surface area contributed by atoms with Gasteiger partial charge in [0.25, 0.3) is 5.82 Å². The van der Waals surface area contributed by atoms with Crippen molar-refractivity contribution in [3.05, 3.63) is 59.5 Å². The van der Waals surface area contributed by atoms with Gasteiger partial charge in [0.2, 0.25) is 5.88 Å². The van der Waals surface area contributed by atoms with Gasteiger partial charge in [0.1, 0.15) is 0 Å². The van der Waals surface area contributed by atoms with E-state index in [0.29, 0.717) is 22.7 Å². The van der Waals surface area contributed by atoms with Crippen LogP contribution >= 0.6 is 24.8 Å². The van der Waals surface area contributed by atoms with E-state index < -0.39 is 12.0 Å². The smallest absolute Gasteiger partial charge is 0.453 e. The van der Waals surface area contributed by atoms with Gasteiger partial charge in [0.15, 0.2) is 0 Å². The average Bonchev–Trinajstić information content (AvgIpc) is 3.29. The number of hydrogen-bond acceptors (Lipinski definition) is 7. The summed E-state index contributed by atoms with van der Waals surface area (Å²) in [5, 5.41) is 16.8. The maximum absolute atomic E-state index is 13.2. The van der Waals surface area contributed by atoms with E-state index in [9.17, 15) is 13.2 Å². The summed E-state index contributed by atoms with van der Waals surface area (Å²) in [6.07, 6.45) is -1.44. The molecular weight excluding hydrogens is 482 g/mol. The van der Waals surface area contributed by atoms with E-state index in [1.54, 1.807) is 6.07 Å². The number of rotatable bonds is 6. The standard InChI is InChI=1S/C20H22F3N7O.2ClH/c1-31-18-14(10-15(12-26-18)30-19(20(21,22)23)27-28-29-30)11-25-16-8-5-9-24-17(16)13-6-3-2-4-7-13;;/h2-4,6-7,10,12,16-17,24-25H,5,8-9,11H2,1H3;2*1H/t16-,17-;;/m0../s1. The zero-order valence-electron chi connectivity index (χ0n) is 17.6. The number of pyridine rings is 1. The van der Waals surface area contributed by atoms with Gasteiger partial charge in [-0.3, -0.25) is 0 Å². The van der Waals surface area contributed by atoms with E-state index in [2.05, 4.69) is 43.3 Å². The highest BCUT2D eigenvalue weighted by Crippen LogP contribution is 2.29. The van der Waals surface area contributed by atoms with E-state index in [4.69, 9.17) is 4.74 Å². The van der Waals surface area contributed by atoms with Crippen LogP contribution in [-0.2, 0) is 12.7 Å². The molecule has 8 nitrogen and oxygen atoms in total. The molecule has 0 aliphatic carbocycles. The summed E-state index contributed by atoms with van der Waals surface area (Å²) in [5.74, 6) is -0.878. The first-order valence-electron chi connectivity index (χ1n) is 9.88. The molecule has 2 aromatic heterocycles. The lowest BCUT2D eigenvalue weighted by molar-refractivity contribution is -0.146. The molecule has 0 spiro atoms. The zero-order chi connectivity index (χ0) is 21.8. The second-order valence-electron chi connectivity index (χ2n) is 7.25. The number of hydrogen-bond donors (Lipinski definition) is 2. The van der Waals surface area contributed by atoms with Gasteiger partial charge in [-0.1, -0.05) is 30.3 Å². The average molecular weight is 506 g/mol. The number of ether oxygens (including phenoxy) is 1. The summed E-state index contributed by atoms with van der Waals surface area (Å²) in [4.78, 5) is 4.16. The Labute approximate surface area is 201 Å². The molecule has 4 rings (SSSR count). The lowest BCUT2D eigenvalue weighted by Crippen LogP contribution is -2.45. The topological polar surface area (TPSA) is 89.8 Å². The zero-order valence-corrected chi connectivity index (χ0v) is 19.3. The Morgan fingerprint density at radius 2 is 1.97 bits per heavy atom. The van der Waals surface area contributed by atoms with Crippen LogP contribution in [-0.4, -0.2) is 44.9 Å². The highest BCUT2D eigenvalue weighted by Gasteiger charge is 2.38. The van der Waals surface area contributed by atoms with Crippen molar-refractivity contribution in [2.75, 3.05) is 13.7 Å². The van der Waals surface area contributed by atoms with Gasteiger partial charge in [-0.25, -0.2) is 4.98 Å². The Bertz CT molecular complexity index is 1020. The largest absolute Gasteiger partial charge is 0.481 e. The van der Waals surface area contributed by atoms with Crippen molar-refractivity contribution in [2.45, 2.75) is 37.6 Å². The monoisotopic (exact) mass is 505 g/mol. The molecule has 180 valence electrons. The number of nitrogens with one attached hydrogen (secondary N) is 2. The Morgan fingerprint density at radius 1 is 1.21 bits per heavy atom. The van der Waals surface area contributed by atoms with Crippen molar-refractivity contribution >= 4 is 24.8 Å². The van der Waals surface area contributed by atoms with Crippen molar-refractivity contribution < 1.29 is 17.9 Å². The van der Waals surface area contributed by atoms with Crippen LogP contribution in [0.2, 0.25) is 0 Å². The fourth-order valence-electron chi connectivity index (χ4n) is 3.81. The van der Waals surface area contributed by atoms with Crippen LogP contribution in [0.3, 0.4) is 0 Å². The molecule has 1 aliphatic rings. The van der Waals surface area contributed by atoms with Gasteiger partial charge in [-0.05, 0) is 41.4 Å². The number of halogens is 5. The molecule has 0 bridgehead atoms. The highest BCUT2D eigenvalue weighted by atomic mass is 35.5. The first-order valence-corrected chi connectivity index (χ1v) is 9.88. The van der Waals surface area contributed by atoms with Crippen molar-refractivity contribution in [1.82, 2.24) is 35.8 Å². The Morgan fingerprint density at radius 3 is 2.67 bits per heavy atom. The third-order valence-corrected chi connectivity index (χ3v) is 5.24. The Balaban J connectivity index is 0.00000193. The number of methoxy groups -OCH3 is 1. The molecule has 0 amide bonds. The molecule has 1 saturated heterocycles. The predicted octanol–water partition coefficient (Wildman–Crippen LogP) is 3.51. The van der Waals surface area contributed by atoms with E-state index >= 15 is 0 Å². The molecule has 1 aromatic carbocycles. The number of alkyl halides is 3. The van der Waals surface area contributed by atoms with Gasteiger partial charge in [0.05, 0.1) is 19.0 Å². The molecule has 2 atom stereocenters. The number of aromatic nitrogens is 5. The maximum atomic E-state index is 13.2. The van der Waals surface area contributed by atoms with Gasteiger partial charge >= 0.3 is 6.18 Å². The second-order valence-corrected chi connectivity index (χ2v) is 7.25. The highest BCUT2D eigenvalue weighted by molar-refractivity contribution is 5.85. The van der Waals surface area contributed by atoms with Crippen LogP contribution < -0.4 is 15.4 Å². The van der Waals surface area contributed by atoms with Crippen LogP contribution in [0, 0.1) is 0 Å². The predicted molar refractivity (Wildman–Crippen MR) is 120 cm³/mol. The number of nitrogens with zero attached hydrogens (tertiary/aromatic N) is 5. The third-order valence-electron chi connectivity index (χ3n) is 5.24. The van der Waals surface area contributed by atoms with E-state index in [1.165, 1.54) is 18.9 Å². The molecule has 0 unspecified atom stereocenters. The van der Waals surface area contributed by atoms with Crippen molar-refractivity contribution in [1.29, 1.82) is 0 Å². The lowest BCUT2D eigenvalue weighted by atomic mass is 9.92. The van der Waals surface area contributed by atoms with Gasteiger partial charge in [-0.2, -0.15) is 17.9 Å². The third kappa shape index (κ3) is 6.11. The van der Waals surface area contributed by atoms with Gasteiger partial charge in [0, 0.05) is 24.2 Å². The van der Waals surface area contributed by atoms with Crippen LogP contribution in [0.4, 0.5) is 13.2 Å². The van der Waals surface area contributed by atoms with E-state index in [1.807, 2.05) is 18.2 Å². The van der Waals surface area contributed by atoms with Gasteiger partial charge in [-0.15, -0.1) is 29.9 Å². The number of piperidine rings is 1. The molecular formula is C20H24Cl2F3N7O. The normalized spacial score (nSPS) is 18.2. The molecule has 1 fully saturated rings. The SMILES string of the molecule is COc1ncc(-n2nnnc2C(F)(F)F)cc1CN[C@H]1CCCN[C@H]1c1ccccc1.Cl.Cl. The maximum Gasteiger partial charge on any atom is 0.453 e. The molecule has 33 heavy (non-hydrogen) atoms. The fraction of sp³-hybridized carbons (Fsp3) is 0.400. The van der Waals surface area contributed by atoms with E-state index in [0.717, 1.165) is 19.4 Å². The van der Waals surface area contributed by atoms with Gasteiger partial charge < -0.3 is 15.4 Å². The summed E-state index contributed by atoms with van der Waals surface area (Å²) >= 11 is 0. The molecule has 3 heterocycles. The number of benzene rings is 1. The summed E-state index contributed by atoms with van der Waals surface area (Å²) in [7, 11) is 1.47. The minimum absolute atomic E-state index is 0. The van der Waals surface area contributed by atoms with E-state index in [-0.39, 0.29) is 42.6 Å². The van der Waals surface area contributed by atoms with Crippen LogP contribution in [0.1, 0.15) is 35.8 Å². The molecule has 0 radical (unpaired) electrons. The van der Waals surface area contributed by atoms with Crippen molar-refractivity contribution in [2.24, 2.45) is 0 Å². The summed E-state index contributed by atoms with van der Waals surface area (Å²) in [6, 6.07) is 12.0. The fourth-order valence-corrected chi connectivity index (χ4v) is 3.81. The quantitative estimate of drug-likeness (QED) is 0.529. The Hall–Kier alpha value is -2.47.